The van der Waals surface area contributed by atoms with E-state index in [0.717, 1.165) is 18.9 Å². The van der Waals surface area contributed by atoms with Crippen molar-refractivity contribution in [2.75, 3.05) is 13.1 Å². The normalized spacial score (nSPS) is 17.6. The Labute approximate surface area is 148 Å². The summed E-state index contributed by atoms with van der Waals surface area (Å²) in [5.41, 5.74) is 2.84. The molecule has 0 spiro atoms. The van der Waals surface area contributed by atoms with Gasteiger partial charge in [-0.3, -0.25) is 4.79 Å². The summed E-state index contributed by atoms with van der Waals surface area (Å²) in [5.74, 6) is 0.0145. The van der Waals surface area contributed by atoms with Crippen molar-refractivity contribution < 1.29 is 9.90 Å². The number of aliphatic carboxylic acids is 1. The number of benzene rings is 1. The summed E-state index contributed by atoms with van der Waals surface area (Å²) in [6, 6.07) is 8.92. The van der Waals surface area contributed by atoms with E-state index >= 15 is 0 Å². The van der Waals surface area contributed by atoms with Crippen LogP contribution in [0.3, 0.4) is 0 Å². The largest absolute Gasteiger partial charge is 0.481 e. The highest BCUT2D eigenvalue weighted by Crippen LogP contribution is 2.22. The molecule has 1 aromatic heterocycles. The molecule has 1 unspecified atom stereocenters. The standard InChI is InChI=1S/C11H15N.C7H12N4O2/c1-9-2-4-10(5-3-9)11-6-7-12-8-11;1-2-3-5(7(12)13)4-6-8-10-11-9-6/h2-5,11-12H,6-8H2,1H3;5H,2-4H2,1H3,(H,12,13)(H,8,9,10,11)/t;5-/m.0/s1. The van der Waals surface area contributed by atoms with Crippen LogP contribution >= 0.6 is 0 Å². The maximum Gasteiger partial charge on any atom is 0.306 e. The SMILES string of the molecule is CCC[C@@H](Cc1nn[nH]n1)C(=O)O.Cc1ccc(C2CCNC2)cc1. The van der Waals surface area contributed by atoms with Crippen LogP contribution in [0.25, 0.3) is 0 Å². The van der Waals surface area contributed by atoms with Crippen LogP contribution in [0.1, 0.15) is 49.1 Å². The number of carbonyl (C=O) groups is 1. The Balaban J connectivity index is 0.000000181. The molecule has 7 nitrogen and oxygen atoms in total. The Hall–Kier alpha value is -2.28. The van der Waals surface area contributed by atoms with Crippen LogP contribution in [0, 0.1) is 12.8 Å². The smallest absolute Gasteiger partial charge is 0.306 e. The fraction of sp³-hybridized carbons (Fsp3) is 0.556. The second kappa shape index (κ2) is 9.88. The van der Waals surface area contributed by atoms with E-state index < -0.39 is 11.9 Å². The third-order valence-corrected chi connectivity index (χ3v) is 4.41. The minimum atomic E-state index is -0.799. The van der Waals surface area contributed by atoms with Crippen LogP contribution in [-0.2, 0) is 11.2 Å². The van der Waals surface area contributed by atoms with Crippen LogP contribution in [0.4, 0.5) is 0 Å². The van der Waals surface area contributed by atoms with Crippen LogP contribution in [-0.4, -0.2) is 44.8 Å². The Bertz CT molecular complexity index is 621. The first-order valence-electron chi connectivity index (χ1n) is 8.82. The Morgan fingerprint density at radius 1 is 1.36 bits per heavy atom. The summed E-state index contributed by atoms with van der Waals surface area (Å²) in [4.78, 5) is 10.7. The molecule has 3 N–H and O–H groups in total. The topological polar surface area (TPSA) is 104 Å². The third-order valence-electron chi connectivity index (χ3n) is 4.41. The van der Waals surface area contributed by atoms with Gasteiger partial charge in [0, 0.05) is 13.0 Å². The van der Waals surface area contributed by atoms with E-state index in [1.54, 1.807) is 0 Å². The number of aromatic amines is 1. The highest BCUT2D eigenvalue weighted by molar-refractivity contribution is 5.70. The highest BCUT2D eigenvalue weighted by atomic mass is 16.4. The predicted molar refractivity (Wildman–Crippen MR) is 95.3 cm³/mol. The lowest BCUT2D eigenvalue weighted by Crippen LogP contribution is -2.16. The minimum absolute atomic E-state index is 0.347. The Kier molecular flexibility index (Phi) is 7.53. The van der Waals surface area contributed by atoms with E-state index in [2.05, 4.69) is 57.1 Å². The van der Waals surface area contributed by atoms with Crippen molar-refractivity contribution in [1.29, 1.82) is 0 Å². The molecular formula is C18H27N5O2. The van der Waals surface area contributed by atoms with Gasteiger partial charge in [0.25, 0.3) is 0 Å². The van der Waals surface area contributed by atoms with E-state index in [1.165, 1.54) is 24.1 Å². The quantitative estimate of drug-likeness (QED) is 0.742. The molecular weight excluding hydrogens is 318 g/mol. The van der Waals surface area contributed by atoms with Gasteiger partial charge in [-0.1, -0.05) is 48.4 Å². The van der Waals surface area contributed by atoms with E-state index in [-0.39, 0.29) is 0 Å². The maximum atomic E-state index is 10.7. The lowest BCUT2D eigenvalue weighted by Gasteiger charge is -2.07. The summed E-state index contributed by atoms with van der Waals surface area (Å²) in [6.45, 7) is 6.42. The van der Waals surface area contributed by atoms with Gasteiger partial charge in [0.2, 0.25) is 0 Å². The van der Waals surface area contributed by atoms with Gasteiger partial charge in [0.05, 0.1) is 5.92 Å². The molecule has 0 aliphatic carbocycles. The van der Waals surface area contributed by atoms with Gasteiger partial charge in [0.1, 0.15) is 0 Å². The molecule has 0 bridgehead atoms. The van der Waals surface area contributed by atoms with Gasteiger partial charge in [-0.15, -0.1) is 10.2 Å². The number of H-pyrrole nitrogens is 1. The molecule has 136 valence electrons. The summed E-state index contributed by atoms with van der Waals surface area (Å²) < 4.78 is 0. The molecule has 1 aliphatic rings. The van der Waals surface area contributed by atoms with Gasteiger partial charge < -0.3 is 10.4 Å². The molecule has 0 amide bonds. The minimum Gasteiger partial charge on any atom is -0.481 e. The maximum absolute atomic E-state index is 10.7. The lowest BCUT2D eigenvalue weighted by molar-refractivity contribution is -0.142. The number of carboxylic acid groups (broad SMARTS) is 1. The molecule has 1 aliphatic heterocycles. The molecule has 3 rings (SSSR count). The van der Waals surface area contributed by atoms with Crippen LogP contribution < -0.4 is 5.32 Å². The van der Waals surface area contributed by atoms with Crippen molar-refractivity contribution in [3.8, 4) is 0 Å². The monoisotopic (exact) mass is 345 g/mol. The summed E-state index contributed by atoms with van der Waals surface area (Å²) in [5, 5.41) is 25.3. The van der Waals surface area contributed by atoms with Crippen molar-refractivity contribution >= 4 is 5.97 Å². The van der Waals surface area contributed by atoms with Crippen molar-refractivity contribution in [2.45, 2.75) is 45.4 Å². The van der Waals surface area contributed by atoms with Crippen LogP contribution in [0.15, 0.2) is 24.3 Å². The Morgan fingerprint density at radius 3 is 2.64 bits per heavy atom. The molecule has 0 saturated carbocycles. The lowest BCUT2D eigenvalue weighted by atomic mass is 9.98. The van der Waals surface area contributed by atoms with Crippen LogP contribution in [0.2, 0.25) is 0 Å². The molecule has 0 radical (unpaired) electrons. The molecule has 2 atom stereocenters. The fourth-order valence-corrected chi connectivity index (χ4v) is 2.93. The molecule has 2 aromatic rings. The van der Waals surface area contributed by atoms with E-state index in [1.807, 2.05) is 6.92 Å². The summed E-state index contributed by atoms with van der Waals surface area (Å²) >= 11 is 0. The van der Waals surface area contributed by atoms with E-state index in [4.69, 9.17) is 5.11 Å². The van der Waals surface area contributed by atoms with Gasteiger partial charge >= 0.3 is 5.97 Å². The van der Waals surface area contributed by atoms with Crippen molar-refractivity contribution in [3.63, 3.8) is 0 Å². The third kappa shape index (κ3) is 6.26. The first-order chi connectivity index (χ1) is 12.1. The number of tetrazole rings is 1. The molecule has 1 aromatic carbocycles. The number of nitrogens with zero attached hydrogens (tertiary/aromatic N) is 3. The second-order valence-corrected chi connectivity index (χ2v) is 6.46. The average molecular weight is 345 g/mol. The van der Waals surface area contributed by atoms with Crippen LogP contribution in [0.5, 0.6) is 0 Å². The summed E-state index contributed by atoms with van der Waals surface area (Å²) in [7, 11) is 0. The number of aryl methyl sites for hydroxylation is 1. The molecule has 1 fully saturated rings. The van der Waals surface area contributed by atoms with Gasteiger partial charge in [-0.25, -0.2) is 0 Å². The second-order valence-electron chi connectivity index (χ2n) is 6.46. The van der Waals surface area contributed by atoms with Crippen molar-refractivity contribution in [2.24, 2.45) is 5.92 Å². The number of rotatable bonds is 6. The van der Waals surface area contributed by atoms with Crippen molar-refractivity contribution in [3.05, 3.63) is 41.2 Å². The first kappa shape index (κ1) is 19.1. The number of carboxylic acids is 1. The zero-order valence-corrected chi connectivity index (χ0v) is 14.9. The number of hydrogen-bond donors (Lipinski definition) is 3. The average Bonchev–Trinajstić information content (AvgIpc) is 3.29. The zero-order valence-electron chi connectivity index (χ0n) is 14.9. The van der Waals surface area contributed by atoms with E-state index in [9.17, 15) is 4.79 Å². The predicted octanol–water partition coefficient (Wildman–Crippen LogP) is 2.32. The number of aromatic nitrogens is 4. The number of hydrogen-bond acceptors (Lipinski definition) is 5. The van der Waals surface area contributed by atoms with Gasteiger partial charge in [-0.2, -0.15) is 5.21 Å². The molecule has 7 heteroatoms. The molecule has 1 saturated heterocycles. The van der Waals surface area contributed by atoms with Gasteiger partial charge in [0.15, 0.2) is 5.82 Å². The highest BCUT2D eigenvalue weighted by Gasteiger charge is 2.18. The Morgan fingerprint density at radius 2 is 2.12 bits per heavy atom. The van der Waals surface area contributed by atoms with Gasteiger partial charge in [-0.05, 0) is 37.8 Å². The molecule has 25 heavy (non-hydrogen) atoms. The van der Waals surface area contributed by atoms with Crippen molar-refractivity contribution in [1.82, 2.24) is 25.9 Å². The summed E-state index contributed by atoms with van der Waals surface area (Å²) in [6.07, 6.45) is 3.13. The number of nitrogens with one attached hydrogen (secondary N) is 2. The van der Waals surface area contributed by atoms with E-state index in [0.29, 0.717) is 18.7 Å². The fourth-order valence-electron chi connectivity index (χ4n) is 2.93. The zero-order chi connectivity index (χ0) is 18.1. The molecule has 2 heterocycles. The first-order valence-corrected chi connectivity index (χ1v) is 8.82.